The minimum atomic E-state index is 0.575. The van der Waals surface area contributed by atoms with Crippen LogP contribution in [0.3, 0.4) is 0 Å². The standard InChI is InChI=1S/C29H23NS/c1-19-15-16-20-7-5-12-26(25(20)17-19)30-22-9-4-8-21(18-22)23-11-6-14-28-29(23)24-10-2-3-13-27(24)31-28/h2-16,18-19,30H,17H2,1H3. The highest BCUT2D eigenvalue weighted by atomic mass is 32.1. The average molecular weight is 418 g/mol. The molecule has 1 aromatic heterocycles. The first-order chi connectivity index (χ1) is 15.3. The molecule has 1 aliphatic rings. The molecule has 0 bridgehead atoms. The summed E-state index contributed by atoms with van der Waals surface area (Å²) in [5, 5.41) is 6.41. The van der Waals surface area contributed by atoms with E-state index in [1.165, 1.54) is 48.1 Å². The Kier molecular flexibility index (Phi) is 4.40. The maximum absolute atomic E-state index is 3.71. The molecule has 4 aromatic carbocycles. The summed E-state index contributed by atoms with van der Waals surface area (Å²) in [7, 11) is 0. The number of allylic oxidation sites excluding steroid dienone is 1. The van der Waals surface area contributed by atoms with Gasteiger partial charge in [-0.25, -0.2) is 0 Å². The van der Waals surface area contributed by atoms with E-state index in [1.54, 1.807) is 0 Å². The van der Waals surface area contributed by atoms with Crippen molar-refractivity contribution in [2.24, 2.45) is 5.92 Å². The van der Waals surface area contributed by atoms with E-state index in [0.717, 1.165) is 12.1 Å². The number of thiophene rings is 1. The van der Waals surface area contributed by atoms with Crippen molar-refractivity contribution in [3.05, 3.63) is 102 Å². The number of nitrogens with one attached hydrogen (secondary N) is 1. The number of hydrogen-bond donors (Lipinski definition) is 1. The highest BCUT2D eigenvalue weighted by Gasteiger charge is 2.15. The van der Waals surface area contributed by atoms with Crippen molar-refractivity contribution < 1.29 is 0 Å². The highest BCUT2D eigenvalue weighted by Crippen LogP contribution is 2.40. The lowest BCUT2D eigenvalue weighted by molar-refractivity contribution is 0.718. The van der Waals surface area contributed by atoms with E-state index in [1.807, 2.05) is 11.3 Å². The van der Waals surface area contributed by atoms with Crippen LogP contribution in [-0.2, 0) is 6.42 Å². The molecule has 150 valence electrons. The third kappa shape index (κ3) is 3.24. The second-order valence-corrected chi connectivity index (χ2v) is 9.48. The Labute approximate surface area is 186 Å². The second-order valence-electron chi connectivity index (χ2n) is 8.40. The Balaban J connectivity index is 1.44. The average Bonchev–Trinajstić information content (AvgIpc) is 3.18. The number of rotatable bonds is 3. The van der Waals surface area contributed by atoms with E-state index >= 15 is 0 Å². The molecule has 0 spiro atoms. The summed E-state index contributed by atoms with van der Waals surface area (Å²) in [6.07, 6.45) is 5.64. The summed E-state index contributed by atoms with van der Waals surface area (Å²) in [4.78, 5) is 0. The molecule has 0 amide bonds. The molecule has 2 heteroatoms. The van der Waals surface area contributed by atoms with Gasteiger partial charge in [-0.15, -0.1) is 11.3 Å². The first-order valence-electron chi connectivity index (χ1n) is 10.8. The van der Waals surface area contributed by atoms with Gasteiger partial charge < -0.3 is 5.32 Å². The van der Waals surface area contributed by atoms with E-state index in [2.05, 4.69) is 109 Å². The van der Waals surface area contributed by atoms with Crippen LogP contribution in [0.15, 0.2) is 91.0 Å². The van der Waals surface area contributed by atoms with Crippen molar-refractivity contribution in [3.63, 3.8) is 0 Å². The molecular formula is C29H23NS. The fourth-order valence-corrected chi connectivity index (χ4v) is 5.83. The second kappa shape index (κ2) is 7.40. The maximum atomic E-state index is 3.71. The zero-order valence-corrected chi connectivity index (χ0v) is 18.2. The molecule has 0 aliphatic heterocycles. The predicted octanol–water partition coefficient (Wildman–Crippen LogP) is 8.67. The van der Waals surface area contributed by atoms with Gasteiger partial charge in [0.1, 0.15) is 0 Å². The van der Waals surface area contributed by atoms with Crippen LogP contribution in [0.25, 0.3) is 37.4 Å². The van der Waals surface area contributed by atoms with Crippen LogP contribution >= 0.6 is 11.3 Å². The maximum Gasteiger partial charge on any atom is 0.0423 e. The minimum absolute atomic E-state index is 0.575. The number of benzene rings is 4. The van der Waals surface area contributed by atoms with Crippen molar-refractivity contribution in [1.29, 1.82) is 0 Å². The van der Waals surface area contributed by atoms with Gasteiger partial charge in [0, 0.05) is 31.5 Å². The third-order valence-electron chi connectivity index (χ3n) is 6.20. The number of fused-ring (bicyclic) bond motifs is 4. The predicted molar refractivity (Wildman–Crippen MR) is 136 cm³/mol. The van der Waals surface area contributed by atoms with Gasteiger partial charge in [-0.1, -0.05) is 73.7 Å². The summed E-state index contributed by atoms with van der Waals surface area (Å²) < 4.78 is 2.69. The van der Waals surface area contributed by atoms with Crippen LogP contribution in [0.4, 0.5) is 11.4 Å². The van der Waals surface area contributed by atoms with Crippen molar-refractivity contribution in [2.75, 3.05) is 5.32 Å². The first-order valence-corrected chi connectivity index (χ1v) is 11.7. The van der Waals surface area contributed by atoms with Gasteiger partial charge in [-0.05, 0) is 64.9 Å². The van der Waals surface area contributed by atoms with Crippen LogP contribution < -0.4 is 5.32 Å². The largest absolute Gasteiger partial charge is 0.355 e. The first kappa shape index (κ1) is 18.4. The molecule has 0 saturated carbocycles. The molecular weight excluding hydrogens is 394 g/mol. The highest BCUT2D eigenvalue weighted by molar-refractivity contribution is 7.25. The van der Waals surface area contributed by atoms with Crippen molar-refractivity contribution in [1.82, 2.24) is 0 Å². The van der Waals surface area contributed by atoms with Crippen LogP contribution in [0.2, 0.25) is 0 Å². The van der Waals surface area contributed by atoms with E-state index in [0.29, 0.717) is 5.92 Å². The molecule has 1 heterocycles. The van der Waals surface area contributed by atoms with Gasteiger partial charge in [-0.2, -0.15) is 0 Å². The Morgan fingerprint density at radius 3 is 2.65 bits per heavy atom. The zero-order chi connectivity index (χ0) is 20.8. The monoisotopic (exact) mass is 417 g/mol. The van der Waals surface area contributed by atoms with E-state index in [4.69, 9.17) is 0 Å². The van der Waals surface area contributed by atoms with E-state index in [-0.39, 0.29) is 0 Å². The number of hydrogen-bond acceptors (Lipinski definition) is 2. The quantitative estimate of drug-likeness (QED) is 0.310. The molecule has 0 radical (unpaired) electrons. The number of anilines is 2. The molecule has 1 N–H and O–H groups in total. The molecule has 0 fully saturated rings. The van der Waals surface area contributed by atoms with Gasteiger partial charge >= 0.3 is 0 Å². The van der Waals surface area contributed by atoms with Crippen LogP contribution in [0, 0.1) is 5.92 Å². The van der Waals surface area contributed by atoms with Crippen molar-refractivity contribution in [3.8, 4) is 11.1 Å². The molecule has 1 nitrogen and oxygen atoms in total. The molecule has 0 saturated heterocycles. The SMILES string of the molecule is CC1C=Cc2cccc(Nc3cccc(-c4cccc5sc6ccccc6c45)c3)c2C1. The zero-order valence-electron chi connectivity index (χ0n) is 17.4. The molecule has 1 atom stereocenters. The van der Waals surface area contributed by atoms with Gasteiger partial charge in [-0.3, -0.25) is 0 Å². The summed E-state index contributed by atoms with van der Waals surface area (Å²) >= 11 is 1.87. The molecule has 5 aromatic rings. The fraction of sp³-hybridized carbons (Fsp3) is 0.103. The van der Waals surface area contributed by atoms with E-state index in [9.17, 15) is 0 Å². The van der Waals surface area contributed by atoms with E-state index < -0.39 is 0 Å². The molecule has 6 rings (SSSR count). The normalized spacial score (nSPS) is 15.3. The van der Waals surface area contributed by atoms with Gasteiger partial charge in [0.25, 0.3) is 0 Å². The lowest BCUT2D eigenvalue weighted by atomic mass is 9.89. The Morgan fingerprint density at radius 2 is 1.68 bits per heavy atom. The summed E-state index contributed by atoms with van der Waals surface area (Å²) in [6.45, 7) is 2.28. The molecule has 31 heavy (non-hydrogen) atoms. The molecule has 1 aliphatic carbocycles. The van der Waals surface area contributed by atoms with Crippen molar-refractivity contribution >= 4 is 49.0 Å². The lowest BCUT2D eigenvalue weighted by Gasteiger charge is -2.20. The Bertz CT molecular complexity index is 1460. The lowest BCUT2D eigenvalue weighted by Crippen LogP contribution is -2.06. The molecule has 1 unspecified atom stereocenters. The van der Waals surface area contributed by atoms with Gasteiger partial charge in [0.2, 0.25) is 0 Å². The smallest absolute Gasteiger partial charge is 0.0423 e. The summed E-state index contributed by atoms with van der Waals surface area (Å²) in [6, 6.07) is 30.7. The van der Waals surface area contributed by atoms with Crippen LogP contribution in [0.1, 0.15) is 18.1 Å². The summed E-state index contributed by atoms with van der Waals surface area (Å²) in [5.74, 6) is 0.575. The summed E-state index contributed by atoms with van der Waals surface area (Å²) in [5.41, 5.74) is 7.62. The minimum Gasteiger partial charge on any atom is -0.355 e. The van der Waals surface area contributed by atoms with Gasteiger partial charge in [0.15, 0.2) is 0 Å². The Morgan fingerprint density at radius 1 is 0.839 bits per heavy atom. The van der Waals surface area contributed by atoms with Crippen molar-refractivity contribution in [2.45, 2.75) is 13.3 Å². The van der Waals surface area contributed by atoms with Crippen LogP contribution in [-0.4, -0.2) is 0 Å². The topological polar surface area (TPSA) is 12.0 Å². The third-order valence-corrected chi connectivity index (χ3v) is 7.33. The van der Waals surface area contributed by atoms with Crippen LogP contribution in [0.5, 0.6) is 0 Å². The fourth-order valence-electron chi connectivity index (χ4n) is 4.70. The van der Waals surface area contributed by atoms with Gasteiger partial charge in [0.05, 0.1) is 0 Å². The Hall–Kier alpha value is -3.36.